The minimum atomic E-state index is -3.89. The van der Waals surface area contributed by atoms with Crippen molar-refractivity contribution in [3.63, 3.8) is 0 Å². The van der Waals surface area contributed by atoms with Crippen LogP contribution in [0.3, 0.4) is 0 Å². The molecule has 23 heavy (non-hydrogen) atoms. The maximum absolute atomic E-state index is 12.0. The van der Waals surface area contributed by atoms with E-state index >= 15 is 0 Å². The van der Waals surface area contributed by atoms with Crippen molar-refractivity contribution in [1.82, 2.24) is 4.72 Å². The van der Waals surface area contributed by atoms with Gasteiger partial charge in [0.05, 0.1) is 4.92 Å². The Labute approximate surface area is 142 Å². The van der Waals surface area contributed by atoms with Crippen LogP contribution < -0.4 is 10.5 Å². The Kier molecular flexibility index (Phi) is 6.33. The fraction of sp³-hybridized carbons (Fsp3) is 0.545. The van der Waals surface area contributed by atoms with Crippen LogP contribution in [0.25, 0.3) is 0 Å². The summed E-state index contributed by atoms with van der Waals surface area (Å²) >= 11 is 6.25. The van der Waals surface area contributed by atoms with Gasteiger partial charge in [0.15, 0.2) is 4.34 Å². The SMILES string of the molecule is CC(C)(CCCNS(=O)(=O)c1cc([N+](=O)[O-])c(Cl)s1)OC(N)=O. The number of nitrogens with two attached hydrogens (primary N) is 1. The molecule has 0 aliphatic rings. The molecule has 1 heterocycles. The van der Waals surface area contributed by atoms with Gasteiger partial charge in [-0.15, -0.1) is 11.3 Å². The summed E-state index contributed by atoms with van der Waals surface area (Å²) in [5, 5.41) is 10.7. The molecule has 130 valence electrons. The molecule has 3 N–H and O–H groups in total. The lowest BCUT2D eigenvalue weighted by atomic mass is 10.0. The monoisotopic (exact) mass is 385 g/mol. The molecule has 1 aromatic rings. The quantitative estimate of drug-likeness (QED) is 0.399. The molecule has 0 fully saturated rings. The molecule has 1 rings (SSSR count). The number of hydrogen-bond acceptors (Lipinski definition) is 7. The number of amides is 1. The molecule has 9 nitrogen and oxygen atoms in total. The van der Waals surface area contributed by atoms with Gasteiger partial charge in [0.2, 0.25) is 10.0 Å². The Bertz CT molecular complexity index is 701. The molecular weight excluding hydrogens is 370 g/mol. The first kappa shape index (κ1) is 19.6. The average molecular weight is 386 g/mol. The summed E-state index contributed by atoms with van der Waals surface area (Å²) in [6, 6.07) is 0.912. The number of sulfonamides is 1. The lowest BCUT2D eigenvalue weighted by Crippen LogP contribution is -2.32. The zero-order valence-electron chi connectivity index (χ0n) is 12.4. The first-order valence-corrected chi connectivity index (χ1v) is 9.04. The number of rotatable bonds is 8. The van der Waals surface area contributed by atoms with E-state index in [2.05, 4.69) is 4.72 Å². The van der Waals surface area contributed by atoms with Gasteiger partial charge in [-0.2, -0.15) is 0 Å². The predicted octanol–water partition coefficient (Wildman–Crippen LogP) is 2.24. The molecule has 0 radical (unpaired) electrons. The lowest BCUT2D eigenvalue weighted by Gasteiger charge is -2.23. The van der Waals surface area contributed by atoms with Crippen LogP contribution in [-0.4, -0.2) is 31.6 Å². The van der Waals surface area contributed by atoms with Crippen LogP contribution in [0, 0.1) is 10.1 Å². The van der Waals surface area contributed by atoms with Gasteiger partial charge in [-0.05, 0) is 26.7 Å². The molecule has 0 aliphatic heterocycles. The minimum absolute atomic E-state index is 0.0667. The van der Waals surface area contributed by atoms with Gasteiger partial charge in [0.1, 0.15) is 9.81 Å². The molecular formula is C11H16ClN3O6S2. The number of carbonyl (C=O) groups is 1. The van der Waals surface area contributed by atoms with Crippen LogP contribution in [0.2, 0.25) is 4.34 Å². The van der Waals surface area contributed by atoms with Crippen LogP contribution in [0.4, 0.5) is 10.5 Å². The molecule has 0 saturated heterocycles. The second-order valence-corrected chi connectivity index (χ2v) is 8.81. The van der Waals surface area contributed by atoms with Gasteiger partial charge in [0.25, 0.3) is 5.69 Å². The van der Waals surface area contributed by atoms with E-state index in [4.69, 9.17) is 22.1 Å². The summed E-state index contributed by atoms with van der Waals surface area (Å²) < 4.78 is 30.8. The number of thiophene rings is 1. The Morgan fingerprint density at radius 1 is 1.57 bits per heavy atom. The zero-order chi connectivity index (χ0) is 17.8. The Hall–Kier alpha value is -1.43. The third kappa shape index (κ3) is 5.94. The third-order valence-corrected chi connectivity index (χ3v) is 6.00. The summed E-state index contributed by atoms with van der Waals surface area (Å²) in [5.74, 6) is 0. The Balaban J connectivity index is 2.62. The van der Waals surface area contributed by atoms with E-state index in [0.717, 1.165) is 6.07 Å². The van der Waals surface area contributed by atoms with E-state index in [1.54, 1.807) is 13.8 Å². The number of ether oxygens (including phenoxy) is 1. The number of primary amides is 1. The number of hydrogen-bond donors (Lipinski definition) is 2. The molecule has 0 aliphatic carbocycles. The van der Waals surface area contributed by atoms with Crippen molar-refractivity contribution in [3.8, 4) is 0 Å². The van der Waals surface area contributed by atoms with Gasteiger partial charge in [-0.1, -0.05) is 11.6 Å². The summed E-state index contributed by atoms with van der Waals surface area (Å²) in [7, 11) is -3.89. The normalized spacial score (nSPS) is 12.1. The van der Waals surface area contributed by atoms with E-state index in [0.29, 0.717) is 24.2 Å². The van der Waals surface area contributed by atoms with Crippen molar-refractivity contribution in [2.45, 2.75) is 36.5 Å². The van der Waals surface area contributed by atoms with Crippen LogP contribution in [0.1, 0.15) is 26.7 Å². The van der Waals surface area contributed by atoms with Crippen LogP contribution in [0.5, 0.6) is 0 Å². The molecule has 0 spiro atoms. The summed E-state index contributed by atoms with van der Waals surface area (Å²) in [6.07, 6.45) is -0.152. The highest BCUT2D eigenvalue weighted by Gasteiger charge is 2.26. The number of halogens is 1. The molecule has 0 saturated carbocycles. The Morgan fingerprint density at radius 3 is 2.65 bits per heavy atom. The van der Waals surface area contributed by atoms with Gasteiger partial charge in [-0.25, -0.2) is 17.9 Å². The highest BCUT2D eigenvalue weighted by atomic mass is 35.5. The van der Waals surface area contributed by atoms with Crippen LogP contribution in [0.15, 0.2) is 10.3 Å². The summed E-state index contributed by atoms with van der Waals surface area (Å²) in [4.78, 5) is 20.6. The lowest BCUT2D eigenvalue weighted by molar-refractivity contribution is -0.384. The van der Waals surface area contributed by atoms with Crippen molar-refractivity contribution in [3.05, 3.63) is 20.5 Å². The van der Waals surface area contributed by atoms with E-state index in [1.165, 1.54) is 0 Å². The number of nitrogens with zero attached hydrogens (tertiary/aromatic N) is 1. The van der Waals surface area contributed by atoms with Crippen LogP contribution in [-0.2, 0) is 14.8 Å². The van der Waals surface area contributed by atoms with Gasteiger partial charge >= 0.3 is 6.09 Å². The molecule has 0 bridgehead atoms. The molecule has 0 atom stereocenters. The van der Waals surface area contributed by atoms with E-state index < -0.39 is 32.3 Å². The first-order valence-electron chi connectivity index (χ1n) is 6.36. The van der Waals surface area contributed by atoms with Gasteiger partial charge in [-0.3, -0.25) is 10.1 Å². The topological polar surface area (TPSA) is 142 Å². The minimum Gasteiger partial charge on any atom is -0.444 e. The second kappa shape index (κ2) is 7.43. The standard InChI is InChI=1S/C11H16ClN3O6S2/c1-11(2,21-10(13)16)4-3-5-14-23(19,20)8-6-7(15(17)18)9(12)22-8/h6,14H,3-5H2,1-2H3,(H2,13,16). The van der Waals surface area contributed by atoms with E-state index in [-0.39, 0.29) is 15.1 Å². The largest absolute Gasteiger partial charge is 0.444 e. The van der Waals surface area contributed by atoms with Crippen molar-refractivity contribution in [2.24, 2.45) is 5.73 Å². The van der Waals surface area contributed by atoms with Crippen molar-refractivity contribution in [2.75, 3.05) is 6.54 Å². The smallest absolute Gasteiger partial charge is 0.405 e. The maximum atomic E-state index is 12.0. The van der Waals surface area contributed by atoms with E-state index in [1.807, 2.05) is 0 Å². The number of nitro groups is 1. The van der Waals surface area contributed by atoms with Crippen LogP contribution >= 0.6 is 22.9 Å². The predicted molar refractivity (Wildman–Crippen MR) is 85.2 cm³/mol. The number of nitrogens with one attached hydrogen (secondary N) is 1. The number of carbonyl (C=O) groups excluding carboxylic acids is 1. The fourth-order valence-corrected chi connectivity index (χ4v) is 4.49. The second-order valence-electron chi connectivity index (χ2n) is 5.16. The molecule has 12 heteroatoms. The summed E-state index contributed by atoms with van der Waals surface area (Å²) in [5.41, 5.74) is 3.66. The molecule has 1 aromatic heterocycles. The highest BCUT2D eigenvalue weighted by molar-refractivity contribution is 7.91. The van der Waals surface area contributed by atoms with Gasteiger partial charge in [0, 0.05) is 12.6 Å². The molecule has 1 amide bonds. The van der Waals surface area contributed by atoms with E-state index in [9.17, 15) is 23.3 Å². The molecule has 0 aromatic carbocycles. The summed E-state index contributed by atoms with van der Waals surface area (Å²) in [6.45, 7) is 3.36. The van der Waals surface area contributed by atoms with Crippen molar-refractivity contribution < 1.29 is 22.9 Å². The Morgan fingerprint density at radius 2 is 2.17 bits per heavy atom. The first-order chi connectivity index (χ1) is 10.4. The van der Waals surface area contributed by atoms with Crippen molar-refractivity contribution >= 4 is 44.7 Å². The maximum Gasteiger partial charge on any atom is 0.405 e. The highest BCUT2D eigenvalue weighted by Crippen LogP contribution is 2.36. The average Bonchev–Trinajstić information content (AvgIpc) is 2.76. The van der Waals surface area contributed by atoms with Gasteiger partial charge < -0.3 is 10.5 Å². The molecule has 0 unspecified atom stereocenters. The fourth-order valence-electron chi connectivity index (χ4n) is 1.71. The third-order valence-electron chi connectivity index (χ3n) is 2.73. The van der Waals surface area contributed by atoms with Crippen molar-refractivity contribution in [1.29, 1.82) is 0 Å². The zero-order valence-corrected chi connectivity index (χ0v) is 14.8.